The van der Waals surface area contributed by atoms with Crippen LogP contribution in [0.4, 0.5) is 26.3 Å². The lowest BCUT2D eigenvalue weighted by atomic mass is 10.0. The molecule has 13 heteroatoms. The van der Waals surface area contributed by atoms with Gasteiger partial charge in [0.25, 0.3) is 11.8 Å². The van der Waals surface area contributed by atoms with E-state index < -0.39 is 35.5 Å². The zero-order chi connectivity index (χ0) is 22.2. The van der Waals surface area contributed by atoms with Gasteiger partial charge in [-0.05, 0) is 31.9 Å². The fourth-order valence-electron chi connectivity index (χ4n) is 2.97. The Morgan fingerprint density at radius 3 is 2.30 bits per heavy atom. The minimum atomic E-state index is -4.72. The molecule has 2 N–H and O–H groups in total. The second kappa shape index (κ2) is 8.05. The highest BCUT2D eigenvalue weighted by Gasteiger charge is 2.37. The van der Waals surface area contributed by atoms with E-state index in [1.54, 1.807) is 6.92 Å². The van der Waals surface area contributed by atoms with Gasteiger partial charge in [0.15, 0.2) is 11.6 Å². The van der Waals surface area contributed by atoms with E-state index in [-0.39, 0.29) is 36.7 Å². The first kappa shape index (κ1) is 21.7. The van der Waals surface area contributed by atoms with Gasteiger partial charge in [-0.25, -0.2) is 18.2 Å². The molecule has 0 fully saturated rings. The molecule has 0 saturated carbocycles. The fraction of sp³-hybridized carbons (Fsp3) is 0.412. The molecule has 1 unspecified atom stereocenters. The van der Waals surface area contributed by atoms with Gasteiger partial charge in [0, 0.05) is 25.1 Å². The van der Waals surface area contributed by atoms with Crippen LogP contribution in [0.25, 0.3) is 5.95 Å². The second-order valence-corrected chi connectivity index (χ2v) is 6.58. The molecule has 0 amide bonds. The van der Waals surface area contributed by atoms with Gasteiger partial charge in [-0.3, -0.25) is 4.57 Å². The molecule has 2 heterocycles. The number of hydrogen-bond acceptors (Lipinski definition) is 5. The van der Waals surface area contributed by atoms with E-state index in [0.29, 0.717) is 11.9 Å². The molecule has 0 aliphatic heterocycles. The largest absolute Gasteiger partial charge is 0.453 e. The summed E-state index contributed by atoms with van der Waals surface area (Å²) in [4.78, 5) is 3.40. The topological polar surface area (TPSA) is 87.4 Å². The van der Waals surface area contributed by atoms with Gasteiger partial charge >= 0.3 is 6.18 Å². The summed E-state index contributed by atoms with van der Waals surface area (Å²) in [6, 6.07) is 0.433. The van der Waals surface area contributed by atoms with Crippen molar-refractivity contribution in [2.45, 2.75) is 45.5 Å². The number of nitrogens with two attached hydrogens (primary N) is 1. The monoisotopic (exact) mass is 433 g/mol. The first-order valence-electron chi connectivity index (χ1n) is 8.83. The highest BCUT2D eigenvalue weighted by molar-refractivity contribution is 5.22. The van der Waals surface area contributed by atoms with E-state index in [4.69, 9.17) is 5.73 Å². The van der Waals surface area contributed by atoms with E-state index in [9.17, 15) is 26.3 Å². The van der Waals surface area contributed by atoms with Crippen molar-refractivity contribution in [3.05, 3.63) is 52.6 Å². The molecule has 0 bridgehead atoms. The summed E-state index contributed by atoms with van der Waals surface area (Å²) < 4.78 is 81.3. The Kier molecular flexibility index (Phi) is 5.83. The lowest BCUT2D eigenvalue weighted by molar-refractivity contribution is -0.144. The summed E-state index contributed by atoms with van der Waals surface area (Å²) in [5.41, 5.74) is 5.90. The molecule has 0 spiro atoms. The SMILES string of the molecule is CCn1c(CC(N)Cc2cc(F)c(F)cc2F)nnc1-n1nc(C(F)(F)F)nc1C. The van der Waals surface area contributed by atoms with Crippen LogP contribution in [0.5, 0.6) is 0 Å². The van der Waals surface area contributed by atoms with E-state index in [2.05, 4.69) is 20.3 Å². The van der Waals surface area contributed by atoms with Crippen LogP contribution in [-0.2, 0) is 25.6 Å². The third kappa shape index (κ3) is 4.30. The zero-order valence-electron chi connectivity index (χ0n) is 15.9. The fourth-order valence-corrected chi connectivity index (χ4v) is 2.97. The normalized spacial score (nSPS) is 13.1. The number of aromatic nitrogens is 6. The maximum atomic E-state index is 13.8. The van der Waals surface area contributed by atoms with Crippen molar-refractivity contribution in [2.75, 3.05) is 0 Å². The van der Waals surface area contributed by atoms with Gasteiger partial charge in [0.2, 0.25) is 0 Å². The van der Waals surface area contributed by atoms with E-state index in [0.717, 1.165) is 10.7 Å². The molecule has 2 aromatic heterocycles. The number of aryl methyl sites for hydroxylation is 1. The van der Waals surface area contributed by atoms with Crippen LogP contribution in [0.15, 0.2) is 12.1 Å². The van der Waals surface area contributed by atoms with Crippen molar-refractivity contribution in [3.63, 3.8) is 0 Å². The highest BCUT2D eigenvalue weighted by atomic mass is 19.4. The lowest BCUT2D eigenvalue weighted by Gasteiger charge is -2.13. The standard InChI is InChI=1S/C17H17F6N7/c1-3-29-14(6-10(24)4-9-5-12(19)13(20)7-11(9)18)26-27-16(29)30-8(2)25-15(28-30)17(21,22)23/h5,7,10H,3-4,6,24H2,1-2H3. The predicted molar refractivity (Wildman–Crippen MR) is 92.1 cm³/mol. The molecular formula is C17H17F6N7. The van der Waals surface area contributed by atoms with E-state index in [1.165, 1.54) is 11.5 Å². The van der Waals surface area contributed by atoms with Gasteiger partial charge in [0.1, 0.15) is 17.5 Å². The van der Waals surface area contributed by atoms with E-state index in [1.807, 2.05) is 0 Å². The van der Waals surface area contributed by atoms with Crippen LogP contribution in [0, 0.1) is 24.4 Å². The van der Waals surface area contributed by atoms with Crippen LogP contribution in [0.3, 0.4) is 0 Å². The predicted octanol–water partition coefficient (Wildman–Crippen LogP) is 2.74. The molecule has 3 rings (SSSR count). The summed E-state index contributed by atoms with van der Waals surface area (Å²) in [6.45, 7) is 3.34. The van der Waals surface area contributed by atoms with Crippen LogP contribution in [0.2, 0.25) is 0 Å². The summed E-state index contributed by atoms with van der Waals surface area (Å²) in [6.07, 6.45) is -4.78. The zero-order valence-corrected chi connectivity index (χ0v) is 15.9. The Balaban J connectivity index is 1.84. The van der Waals surface area contributed by atoms with Crippen LogP contribution < -0.4 is 5.73 Å². The van der Waals surface area contributed by atoms with E-state index >= 15 is 0 Å². The molecule has 162 valence electrons. The van der Waals surface area contributed by atoms with Crippen molar-refractivity contribution in [1.82, 2.24) is 29.5 Å². The van der Waals surface area contributed by atoms with Crippen LogP contribution >= 0.6 is 0 Å². The minimum Gasteiger partial charge on any atom is -0.327 e. The number of hydrogen-bond donors (Lipinski definition) is 1. The first-order valence-corrected chi connectivity index (χ1v) is 8.83. The van der Waals surface area contributed by atoms with Gasteiger partial charge in [-0.15, -0.1) is 15.3 Å². The smallest absolute Gasteiger partial charge is 0.327 e. The van der Waals surface area contributed by atoms with Crippen molar-refractivity contribution in [2.24, 2.45) is 5.73 Å². The van der Waals surface area contributed by atoms with Crippen LogP contribution in [0.1, 0.15) is 30.0 Å². The summed E-state index contributed by atoms with van der Waals surface area (Å²) >= 11 is 0. The molecule has 0 aliphatic carbocycles. The number of alkyl halides is 3. The van der Waals surface area contributed by atoms with Gasteiger partial charge < -0.3 is 5.73 Å². The Bertz CT molecular complexity index is 1060. The molecule has 0 radical (unpaired) electrons. The van der Waals surface area contributed by atoms with Gasteiger partial charge in [0.05, 0.1) is 0 Å². The van der Waals surface area contributed by atoms with Crippen molar-refractivity contribution < 1.29 is 26.3 Å². The minimum absolute atomic E-state index is 0.0132. The Hall–Kier alpha value is -2.96. The lowest BCUT2D eigenvalue weighted by Crippen LogP contribution is -2.28. The molecule has 30 heavy (non-hydrogen) atoms. The number of benzene rings is 1. The molecule has 1 aromatic carbocycles. The average molecular weight is 433 g/mol. The van der Waals surface area contributed by atoms with Crippen molar-refractivity contribution >= 4 is 0 Å². The summed E-state index contributed by atoms with van der Waals surface area (Å²) in [5, 5.41) is 11.3. The highest BCUT2D eigenvalue weighted by Crippen LogP contribution is 2.27. The average Bonchev–Trinajstić information content (AvgIpc) is 3.22. The Labute approximate surface area is 166 Å². The van der Waals surface area contributed by atoms with Crippen LogP contribution in [-0.4, -0.2) is 35.6 Å². The molecule has 1 atom stereocenters. The maximum absolute atomic E-state index is 13.8. The number of halogens is 6. The molecule has 0 saturated heterocycles. The molecule has 3 aromatic rings. The summed E-state index contributed by atoms with van der Waals surface area (Å²) in [7, 11) is 0. The third-order valence-corrected chi connectivity index (χ3v) is 4.35. The molecule has 7 nitrogen and oxygen atoms in total. The van der Waals surface area contributed by atoms with Gasteiger partial charge in [-0.1, -0.05) is 0 Å². The molecular weight excluding hydrogens is 416 g/mol. The van der Waals surface area contributed by atoms with Crippen molar-refractivity contribution in [1.29, 1.82) is 0 Å². The number of nitrogens with zero attached hydrogens (tertiary/aromatic N) is 6. The third-order valence-electron chi connectivity index (χ3n) is 4.35. The van der Waals surface area contributed by atoms with Gasteiger partial charge in [-0.2, -0.15) is 17.9 Å². The van der Waals surface area contributed by atoms with Crippen molar-refractivity contribution in [3.8, 4) is 5.95 Å². The first-order chi connectivity index (χ1) is 14.0. The Morgan fingerprint density at radius 1 is 1.03 bits per heavy atom. The Morgan fingerprint density at radius 2 is 1.70 bits per heavy atom. The molecule has 0 aliphatic rings. The summed E-state index contributed by atoms with van der Waals surface area (Å²) in [5.74, 6) is -4.45. The quantitative estimate of drug-likeness (QED) is 0.477. The second-order valence-electron chi connectivity index (χ2n) is 6.58. The number of rotatable bonds is 6. The maximum Gasteiger partial charge on any atom is 0.453 e.